The molecular formula is C15H9Cl4NO4. The lowest BCUT2D eigenvalue weighted by Crippen LogP contribution is -2.13. The molecule has 24 heavy (non-hydrogen) atoms. The molecule has 0 saturated heterocycles. The van der Waals surface area contributed by atoms with Gasteiger partial charge in [-0.2, -0.15) is 0 Å². The highest BCUT2D eigenvalue weighted by atomic mass is 35.5. The molecule has 0 aliphatic heterocycles. The highest BCUT2D eigenvalue weighted by Gasteiger charge is 2.19. The second-order valence-corrected chi connectivity index (χ2v) is 6.15. The van der Waals surface area contributed by atoms with Crippen molar-refractivity contribution in [2.75, 3.05) is 5.32 Å². The summed E-state index contributed by atoms with van der Waals surface area (Å²) in [5.41, 5.74) is 0.112. The lowest BCUT2D eigenvalue weighted by molar-refractivity contribution is -0.131. The van der Waals surface area contributed by atoms with Gasteiger partial charge in [0.15, 0.2) is 5.75 Å². The van der Waals surface area contributed by atoms with Crippen LogP contribution in [0.1, 0.15) is 17.3 Å². The topological polar surface area (TPSA) is 75.6 Å². The van der Waals surface area contributed by atoms with E-state index in [1.165, 1.54) is 31.2 Å². The van der Waals surface area contributed by atoms with E-state index in [0.717, 1.165) is 0 Å². The van der Waals surface area contributed by atoms with Gasteiger partial charge >= 0.3 is 5.97 Å². The number of ether oxygens (including phenoxy) is 1. The third kappa shape index (κ3) is 4.05. The number of phenolic OH excluding ortho intramolecular Hbond substituents is 1. The number of hydrogen-bond donors (Lipinski definition) is 2. The Morgan fingerprint density at radius 1 is 1.04 bits per heavy atom. The highest BCUT2D eigenvalue weighted by Crippen LogP contribution is 2.39. The van der Waals surface area contributed by atoms with Crippen molar-refractivity contribution >= 4 is 64.0 Å². The van der Waals surface area contributed by atoms with E-state index in [1.807, 2.05) is 0 Å². The van der Waals surface area contributed by atoms with Crippen LogP contribution in [-0.2, 0) is 4.79 Å². The molecule has 0 spiro atoms. The summed E-state index contributed by atoms with van der Waals surface area (Å²) in [6.45, 7) is 1.22. The molecule has 5 nitrogen and oxygen atoms in total. The largest absolute Gasteiger partial charge is 0.505 e. The predicted molar refractivity (Wildman–Crippen MR) is 93.9 cm³/mol. The number of nitrogens with one attached hydrogen (secondary N) is 1. The molecule has 2 N–H and O–H groups in total. The van der Waals surface area contributed by atoms with Crippen molar-refractivity contribution in [2.45, 2.75) is 6.92 Å². The van der Waals surface area contributed by atoms with Gasteiger partial charge in [0, 0.05) is 18.7 Å². The molecule has 0 unspecified atom stereocenters. The number of halogens is 4. The zero-order valence-electron chi connectivity index (χ0n) is 12.0. The van der Waals surface area contributed by atoms with Gasteiger partial charge in [0.05, 0.1) is 20.6 Å². The Labute approximate surface area is 157 Å². The molecule has 0 aliphatic rings. The van der Waals surface area contributed by atoms with Crippen molar-refractivity contribution in [3.05, 3.63) is 49.9 Å². The third-order valence-electron chi connectivity index (χ3n) is 2.82. The fourth-order valence-corrected chi connectivity index (χ4v) is 2.53. The first-order valence-corrected chi connectivity index (χ1v) is 7.87. The van der Waals surface area contributed by atoms with Crippen molar-refractivity contribution < 1.29 is 19.4 Å². The molecule has 0 aromatic heterocycles. The quantitative estimate of drug-likeness (QED) is 0.416. The number of benzene rings is 2. The molecular weight excluding hydrogens is 400 g/mol. The standard InChI is InChI=1S/C15H9Cl4NO4/c1-6(21)24-11-4-7(2-3-9(11)16)20-15(23)8-5-10(17)12(18)13(19)14(8)22/h2-5,22H,1H3,(H,20,23). The summed E-state index contributed by atoms with van der Waals surface area (Å²) in [7, 11) is 0. The second-order valence-electron chi connectivity index (χ2n) is 4.58. The number of amides is 1. The molecule has 1 amide bonds. The maximum Gasteiger partial charge on any atom is 0.308 e. The molecule has 0 heterocycles. The number of anilines is 1. The molecule has 0 atom stereocenters. The van der Waals surface area contributed by atoms with Gasteiger partial charge in [0.2, 0.25) is 0 Å². The minimum absolute atomic E-state index is 0.0151. The molecule has 2 rings (SSSR count). The first kappa shape index (κ1) is 18.7. The average Bonchev–Trinajstić information content (AvgIpc) is 2.51. The monoisotopic (exact) mass is 407 g/mol. The number of phenols is 1. The van der Waals surface area contributed by atoms with Crippen LogP contribution < -0.4 is 10.1 Å². The normalized spacial score (nSPS) is 10.4. The Kier molecular flexibility index (Phi) is 5.83. The fraction of sp³-hybridized carbons (Fsp3) is 0.0667. The maximum absolute atomic E-state index is 12.3. The van der Waals surface area contributed by atoms with Crippen LogP contribution in [0, 0.1) is 0 Å². The average molecular weight is 409 g/mol. The van der Waals surface area contributed by atoms with Crippen LogP contribution in [0.5, 0.6) is 11.5 Å². The zero-order valence-corrected chi connectivity index (χ0v) is 15.0. The van der Waals surface area contributed by atoms with E-state index in [2.05, 4.69) is 5.32 Å². The summed E-state index contributed by atoms with van der Waals surface area (Å²) < 4.78 is 4.92. The van der Waals surface area contributed by atoms with Crippen LogP contribution >= 0.6 is 46.4 Å². The van der Waals surface area contributed by atoms with Crippen molar-refractivity contribution in [2.24, 2.45) is 0 Å². The minimum atomic E-state index is -0.691. The Morgan fingerprint density at radius 3 is 2.33 bits per heavy atom. The smallest absolute Gasteiger partial charge is 0.308 e. The van der Waals surface area contributed by atoms with E-state index in [1.54, 1.807) is 0 Å². The molecule has 0 aliphatic carbocycles. The van der Waals surface area contributed by atoms with Gasteiger partial charge in [0.25, 0.3) is 5.91 Å². The summed E-state index contributed by atoms with van der Waals surface area (Å²) in [6.07, 6.45) is 0. The van der Waals surface area contributed by atoms with E-state index < -0.39 is 17.6 Å². The minimum Gasteiger partial charge on any atom is -0.505 e. The van der Waals surface area contributed by atoms with Crippen molar-refractivity contribution in [3.63, 3.8) is 0 Å². The predicted octanol–water partition coefficient (Wildman–Crippen LogP) is 5.18. The molecule has 126 valence electrons. The summed E-state index contributed by atoms with van der Waals surface area (Å²) >= 11 is 23.4. The Morgan fingerprint density at radius 2 is 1.71 bits per heavy atom. The zero-order chi connectivity index (χ0) is 18.0. The van der Waals surface area contributed by atoms with E-state index >= 15 is 0 Å². The number of carbonyl (C=O) groups excluding carboxylic acids is 2. The Bertz CT molecular complexity index is 839. The summed E-state index contributed by atoms with van der Waals surface area (Å²) in [5.74, 6) is -1.67. The summed E-state index contributed by atoms with van der Waals surface area (Å²) in [5, 5.41) is 12.4. The van der Waals surface area contributed by atoms with Crippen molar-refractivity contribution in [1.82, 2.24) is 0 Å². The van der Waals surface area contributed by atoms with Crippen molar-refractivity contribution in [1.29, 1.82) is 0 Å². The molecule has 0 saturated carbocycles. The molecule has 0 fully saturated rings. The van der Waals surface area contributed by atoms with E-state index in [9.17, 15) is 14.7 Å². The lowest BCUT2D eigenvalue weighted by atomic mass is 10.1. The van der Waals surface area contributed by atoms with Gasteiger partial charge in [0.1, 0.15) is 10.8 Å². The summed E-state index contributed by atoms with van der Waals surface area (Å²) in [6, 6.07) is 5.47. The van der Waals surface area contributed by atoms with Gasteiger partial charge in [-0.05, 0) is 18.2 Å². The number of carbonyl (C=O) groups is 2. The van der Waals surface area contributed by atoms with Gasteiger partial charge in [-0.1, -0.05) is 46.4 Å². The van der Waals surface area contributed by atoms with Gasteiger partial charge < -0.3 is 15.2 Å². The molecule has 0 radical (unpaired) electrons. The van der Waals surface area contributed by atoms with Gasteiger partial charge in [-0.3, -0.25) is 9.59 Å². The SMILES string of the molecule is CC(=O)Oc1cc(NC(=O)c2cc(Cl)c(Cl)c(Cl)c2O)ccc1Cl. The van der Waals surface area contributed by atoms with Crippen LogP contribution in [0.25, 0.3) is 0 Å². The van der Waals surface area contributed by atoms with Crippen LogP contribution in [0.4, 0.5) is 5.69 Å². The van der Waals surface area contributed by atoms with Gasteiger partial charge in [-0.15, -0.1) is 0 Å². The first-order valence-electron chi connectivity index (χ1n) is 6.36. The molecule has 9 heteroatoms. The molecule has 2 aromatic rings. The highest BCUT2D eigenvalue weighted by molar-refractivity contribution is 6.49. The van der Waals surface area contributed by atoms with Crippen LogP contribution in [0.2, 0.25) is 20.1 Å². The van der Waals surface area contributed by atoms with Gasteiger partial charge in [-0.25, -0.2) is 0 Å². The number of esters is 1. The van der Waals surface area contributed by atoms with E-state index in [4.69, 9.17) is 51.1 Å². The van der Waals surface area contributed by atoms with Crippen molar-refractivity contribution in [3.8, 4) is 11.5 Å². The first-order chi connectivity index (χ1) is 11.2. The fourth-order valence-electron chi connectivity index (χ4n) is 1.77. The number of hydrogen-bond acceptors (Lipinski definition) is 4. The third-order valence-corrected chi connectivity index (χ3v) is 4.39. The maximum atomic E-state index is 12.3. The molecule has 2 aromatic carbocycles. The number of rotatable bonds is 3. The number of aromatic hydroxyl groups is 1. The van der Waals surface area contributed by atoms with Crippen LogP contribution in [-0.4, -0.2) is 17.0 Å². The Balaban J connectivity index is 2.32. The van der Waals surface area contributed by atoms with E-state index in [-0.39, 0.29) is 37.1 Å². The lowest BCUT2D eigenvalue weighted by Gasteiger charge is -2.11. The second kappa shape index (κ2) is 7.49. The van der Waals surface area contributed by atoms with E-state index in [0.29, 0.717) is 0 Å². The Hall–Kier alpha value is -1.66. The van der Waals surface area contributed by atoms with Crippen LogP contribution in [0.15, 0.2) is 24.3 Å². The summed E-state index contributed by atoms with van der Waals surface area (Å²) in [4.78, 5) is 23.3. The van der Waals surface area contributed by atoms with Crippen LogP contribution in [0.3, 0.4) is 0 Å². The molecule has 0 bridgehead atoms.